The summed E-state index contributed by atoms with van der Waals surface area (Å²) in [4.78, 5) is 0. The van der Waals surface area contributed by atoms with Crippen LogP contribution in [0, 0.1) is 24.7 Å². The van der Waals surface area contributed by atoms with Gasteiger partial charge in [0.05, 0.1) is 0 Å². The van der Waals surface area contributed by atoms with Gasteiger partial charge in [0.1, 0.15) is 13.2 Å². The highest BCUT2D eigenvalue weighted by atomic mass is 16.5. The van der Waals surface area contributed by atoms with Crippen LogP contribution in [0.25, 0.3) is 0 Å². The van der Waals surface area contributed by atoms with E-state index in [1.54, 1.807) is 0 Å². The summed E-state index contributed by atoms with van der Waals surface area (Å²) in [5.74, 6) is 4.57. The second-order valence-corrected chi connectivity index (χ2v) is 3.02. The van der Waals surface area contributed by atoms with Crippen LogP contribution in [0.15, 0.2) is 0 Å². The average molecular weight is 178 g/mol. The van der Waals surface area contributed by atoms with Crippen molar-refractivity contribution in [1.82, 2.24) is 0 Å². The van der Waals surface area contributed by atoms with Gasteiger partial charge in [-0.25, -0.2) is 0 Å². The van der Waals surface area contributed by atoms with E-state index in [1.807, 2.05) is 0 Å². The second-order valence-electron chi connectivity index (χ2n) is 3.02. The first-order chi connectivity index (χ1) is 6.41. The maximum atomic E-state index is 4.83. The Labute approximate surface area is 81.9 Å². The molecule has 1 heteroatoms. The molecule has 1 aliphatic rings. The van der Waals surface area contributed by atoms with Crippen LogP contribution >= 0.6 is 0 Å². The van der Waals surface area contributed by atoms with E-state index in [0.717, 1.165) is 0 Å². The molecule has 1 saturated carbocycles. The van der Waals surface area contributed by atoms with Crippen molar-refractivity contribution < 1.29 is 4.74 Å². The Bertz CT molecular complexity index is 141. The fraction of sp³-hybridized carbons (Fsp3) is 0.667. The molecular formula is C12H18O. The zero-order chi connectivity index (χ0) is 9.78. The van der Waals surface area contributed by atoms with Gasteiger partial charge < -0.3 is 4.74 Å². The highest BCUT2D eigenvalue weighted by Gasteiger charge is 1.95. The summed E-state index contributed by atoms with van der Waals surface area (Å²) in [6, 6.07) is 0. The first-order valence-electron chi connectivity index (χ1n) is 4.86. The fourth-order valence-electron chi connectivity index (χ4n) is 1.23. The minimum atomic E-state index is 0.310. The maximum absolute atomic E-state index is 4.83. The van der Waals surface area contributed by atoms with Crippen molar-refractivity contribution in [3.63, 3.8) is 0 Å². The molecule has 0 spiro atoms. The van der Waals surface area contributed by atoms with E-state index in [2.05, 4.69) is 16.6 Å². The van der Waals surface area contributed by atoms with Gasteiger partial charge in [-0.3, -0.25) is 0 Å². The molecule has 0 aromatic rings. The van der Waals surface area contributed by atoms with Crippen LogP contribution < -0.4 is 0 Å². The van der Waals surface area contributed by atoms with Gasteiger partial charge in [-0.1, -0.05) is 50.4 Å². The number of terminal acetylenes is 2. The van der Waals surface area contributed by atoms with E-state index in [-0.39, 0.29) is 0 Å². The molecule has 13 heavy (non-hydrogen) atoms. The van der Waals surface area contributed by atoms with E-state index < -0.39 is 0 Å². The molecule has 1 fully saturated rings. The quantitative estimate of drug-likeness (QED) is 0.466. The Balaban J connectivity index is 0.000000223. The minimum Gasteiger partial charge on any atom is -0.356 e. The molecule has 0 N–H and O–H groups in total. The van der Waals surface area contributed by atoms with Gasteiger partial charge in [0, 0.05) is 0 Å². The monoisotopic (exact) mass is 178 g/mol. The average Bonchev–Trinajstić information content (AvgIpc) is 2.22. The van der Waals surface area contributed by atoms with Gasteiger partial charge in [-0.15, -0.1) is 12.8 Å². The second kappa shape index (κ2) is 11.1. The van der Waals surface area contributed by atoms with Gasteiger partial charge in [0.2, 0.25) is 0 Å². The summed E-state index contributed by atoms with van der Waals surface area (Å²) in [5, 5.41) is 0. The van der Waals surface area contributed by atoms with Crippen molar-refractivity contribution in [3.05, 3.63) is 0 Å². The highest BCUT2D eigenvalue weighted by molar-refractivity contribution is 4.87. The maximum Gasteiger partial charge on any atom is 0.108 e. The van der Waals surface area contributed by atoms with Crippen LogP contribution in [-0.4, -0.2) is 13.2 Å². The molecule has 0 bridgehead atoms. The lowest BCUT2D eigenvalue weighted by Gasteiger charge is -2.05. The van der Waals surface area contributed by atoms with Crippen LogP contribution in [0.3, 0.4) is 0 Å². The molecule has 0 aliphatic heterocycles. The molecule has 0 radical (unpaired) electrons. The van der Waals surface area contributed by atoms with E-state index in [4.69, 9.17) is 12.8 Å². The smallest absolute Gasteiger partial charge is 0.108 e. The van der Waals surface area contributed by atoms with E-state index >= 15 is 0 Å². The van der Waals surface area contributed by atoms with Crippen LogP contribution in [0.1, 0.15) is 38.5 Å². The summed E-state index contributed by atoms with van der Waals surface area (Å²) < 4.78 is 4.66. The molecule has 0 aromatic carbocycles. The van der Waals surface area contributed by atoms with Crippen LogP contribution in [0.2, 0.25) is 0 Å². The molecule has 1 aliphatic carbocycles. The molecule has 1 nitrogen and oxygen atoms in total. The molecule has 0 aromatic heterocycles. The van der Waals surface area contributed by atoms with Gasteiger partial charge in [-0.05, 0) is 0 Å². The summed E-state index contributed by atoms with van der Waals surface area (Å²) in [7, 11) is 0. The molecule has 0 unspecified atom stereocenters. The third-order valence-electron chi connectivity index (χ3n) is 1.87. The van der Waals surface area contributed by atoms with Crippen molar-refractivity contribution in [2.45, 2.75) is 38.5 Å². The van der Waals surface area contributed by atoms with Crippen molar-refractivity contribution in [3.8, 4) is 24.7 Å². The topological polar surface area (TPSA) is 9.23 Å². The molecule has 0 amide bonds. The summed E-state index contributed by atoms with van der Waals surface area (Å²) >= 11 is 0. The zero-order valence-corrected chi connectivity index (χ0v) is 8.22. The van der Waals surface area contributed by atoms with E-state index in [1.165, 1.54) is 38.5 Å². The summed E-state index contributed by atoms with van der Waals surface area (Å²) in [6.07, 6.45) is 18.7. The van der Waals surface area contributed by atoms with Gasteiger partial charge in [0.15, 0.2) is 0 Å². The molecule has 0 heterocycles. The van der Waals surface area contributed by atoms with Crippen molar-refractivity contribution >= 4 is 0 Å². The Morgan fingerprint density at radius 1 is 0.769 bits per heavy atom. The fourth-order valence-corrected chi connectivity index (χ4v) is 1.23. The highest BCUT2D eigenvalue weighted by Crippen LogP contribution is 2.15. The lowest BCUT2D eigenvalue weighted by atomic mass is 10.0. The SMILES string of the molecule is C#CCOCC#C.C1CCCCC1. The van der Waals surface area contributed by atoms with E-state index in [9.17, 15) is 0 Å². The number of ether oxygens (including phenoxy) is 1. The standard InChI is InChI=1S/C6H6O.C6H12/c1-3-5-7-6-4-2;1-2-4-6-5-3-1/h1-2H,5-6H2;1-6H2. The van der Waals surface area contributed by atoms with Crippen LogP contribution in [0.4, 0.5) is 0 Å². The van der Waals surface area contributed by atoms with E-state index in [0.29, 0.717) is 13.2 Å². The van der Waals surface area contributed by atoms with Crippen LogP contribution in [0.5, 0.6) is 0 Å². The number of hydrogen-bond donors (Lipinski definition) is 0. The first kappa shape index (κ1) is 12.1. The summed E-state index contributed by atoms with van der Waals surface area (Å²) in [6.45, 7) is 0.619. The third kappa shape index (κ3) is 11.1. The molecule has 72 valence electrons. The van der Waals surface area contributed by atoms with Crippen LogP contribution in [-0.2, 0) is 4.74 Å². The Morgan fingerprint density at radius 3 is 1.31 bits per heavy atom. The van der Waals surface area contributed by atoms with Crippen molar-refractivity contribution in [2.24, 2.45) is 0 Å². The normalized spacial score (nSPS) is 14.6. The minimum absolute atomic E-state index is 0.310. The number of hydrogen-bond acceptors (Lipinski definition) is 1. The van der Waals surface area contributed by atoms with Gasteiger partial charge in [-0.2, -0.15) is 0 Å². The van der Waals surface area contributed by atoms with Crippen molar-refractivity contribution in [2.75, 3.05) is 13.2 Å². The molecule has 0 atom stereocenters. The first-order valence-corrected chi connectivity index (χ1v) is 4.86. The van der Waals surface area contributed by atoms with Crippen molar-refractivity contribution in [1.29, 1.82) is 0 Å². The van der Waals surface area contributed by atoms with Gasteiger partial charge in [0.25, 0.3) is 0 Å². The Hall–Kier alpha value is -0.920. The molecular weight excluding hydrogens is 160 g/mol. The Kier molecular flexibility index (Phi) is 10.3. The predicted octanol–water partition coefficient (Wildman–Crippen LogP) is 2.61. The predicted molar refractivity (Wildman–Crippen MR) is 56.2 cm³/mol. The molecule has 0 saturated heterocycles. The third-order valence-corrected chi connectivity index (χ3v) is 1.87. The molecule has 1 rings (SSSR count). The lowest BCUT2D eigenvalue weighted by molar-refractivity contribution is 0.205. The summed E-state index contributed by atoms with van der Waals surface area (Å²) in [5.41, 5.74) is 0. The largest absolute Gasteiger partial charge is 0.356 e. The van der Waals surface area contributed by atoms with Gasteiger partial charge >= 0.3 is 0 Å². The number of rotatable bonds is 2. The Morgan fingerprint density at radius 2 is 1.08 bits per heavy atom. The zero-order valence-electron chi connectivity index (χ0n) is 8.22. The lowest BCUT2D eigenvalue weighted by Crippen LogP contribution is -1.89.